The van der Waals surface area contributed by atoms with Gasteiger partial charge in [-0.05, 0) is 45.5 Å². The van der Waals surface area contributed by atoms with Gasteiger partial charge in [-0.2, -0.15) is 11.3 Å². The Labute approximate surface area is 169 Å². The van der Waals surface area contributed by atoms with E-state index >= 15 is 0 Å². The predicted octanol–water partition coefficient (Wildman–Crippen LogP) is 2.98. The largest absolute Gasteiger partial charge is 0.454 e. The van der Waals surface area contributed by atoms with Crippen molar-refractivity contribution in [1.82, 2.24) is 10.2 Å². The van der Waals surface area contributed by atoms with Crippen LogP contribution >= 0.6 is 11.3 Å². The van der Waals surface area contributed by atoms with Crippen LogP contribution in [0.2, 0.25) is 0 Å². The summed E-state index contributed by atoms with van der Waals surface area (Å²) in [4.78, 5) is 37.4. The third kappa shape index (κ3) is 6.49. The van der Waals surface area contributed by atoms with Gasteiger partial charge in [0.25, 0.3) is 11.8 Å². The topological polar surface area (TPSA) is 75.7 Å². The molecule has 0 fully saturated rings. The molecule has 0 bridgehead atoms. The fourth-order valence-electron chi connectivity index (χ4n) is 2.42. The highest BCUT2D eigenvalue weighted by Gasteiger charge is 2.16. The molecule has 0 unspecified atom stereocenters. The van der Waals surface area contributed by atoms with Crippen molar-refractivity contribution in [3.63, 3.8) is 0 Å². The molecule has 2 rings (SSSR count). The molecule has 0 aliphatic rings. The molecule has 6 nitrogen and oxygen atoms in total. The van der Waals surface area contributed by atoms with Gasteiger partial charge < -0.3 is 15.0 Å². The van der Waals surface area contributed by atoms with Crippen LogP contribution in [0.3, 0.4) is 0 Å². The number of carbonyl (C=O) groups is 3. The Balaban J connectivity index is 1.74. The van der Waals surface area contributed by atoms with E-state index in [1.54, 1.807) is 30.5 Å². The third-order valence-corrected chi connectivity index (χ3v) is 4.92. The van der Waals surface area contributed by atoms with Crippen LogP contribution in [0.25, 0.3) is 0 Å². The minimum atomic E-state index is -0.656. The fourth-order valence-corrected chi connectivity index (χ4v) is 3.08. The molecule has 28 heavy (non-hydrogen) atoms. The summed E-state index contributed by atoms with van der Waals surface area (Å²) in [5, 5.41) is 6.40. The molecule has 0 aliphatic carbocycles. The molecule has 1 N–H and O–H groups in total. The summed E-state index contributed by atoms with van der Waals surface area (Å²) >= 11 is 1.56. The molecule has 2 amide bonds. The van der Waals surface area contributed by atoms with Gasteiger partial charge in [-0.1, -0.05) is 32.9 Å². The maximum atomic E-state index is 12.1. The normalized spacial score (nSPS) is 11.0. The molecular weight excluding hydrogens is 376 g/mol. The van der Waals surface area contributed by atoms with Crippen LogP contribution in [0.5, 0.6) is 0 Å². The predicted molar refractivity (Wildman–Crippen MR) is 109 cm³/mol. The molecule has 7 heteroatoms. The van der Waals surface area contributed by atoms with Crippen molar-refractivity contribution in [3.05, 3.63) is 57.8 Å². The van der Waals surface area contributed by atoms with Crippen molar-refractivity contribution in [2.75, 3.05) is 20.2 Å². The van der Waals surface area contributed by atoms with Crippen LogP contribution in [0.4, 0.5) is 0 Å². The highest BCUT2D eigenvalue weighted by molar-refractivity contribution is 7.07. The van der Waals surface area contributed by atoms with Crippen molar-refractivity contribution in [2.45, 2.75) is 32.7 Å². The standard InChI is InChI=1S/C21H26N2O4S/c1-21(2,3)17-7-5-16(6-8-17)20(26)22-11-19(25)27-13-18(24)23(4)12-15-9-10-28-14-15/h5-10,14H,11-13H2,1-4H3,(H,22,26). The van der Waals surface area contributed by atoms with Crippen LogP contribution in [-0.4, -0.2) is 42.9 Å². The van der Waals surface area contributed by atoms with Crippen molar-refractivity contribution >= 4 is 29.1 Å². The summed E-state index contributed by atoms with van der Waals surface area (Å²) in [5.74, 6) is -1.32. The van der Waals surface area contributed by atoms with Crippen molar-refractivity contribution in [1.29, 1.82) is 0 Å². The first-order chi connectivity index (χ1) is 13.2. The van der Waals surface area contributed by atoms with Crippen LogP contribution in [0, 0.1) is 0 Å². The second-order valence-corrected chi connectivity index (χ2v) is 8.33. The molecule has 0 atom stereocenters. The Morgan fingerprint density at radius 3 is 2.36 bits per heavy atom. The Morgan fingerprint density at radius 1 is 1.11 bits per heavy atom. The Hall–Kier alpha value is -2.67. The van der Waals surface area contributed by atoms with E-state index in [1.165, 1.54) is 4.90 Å². The fraction of sp³-hybridized carbons (Fsp3) is 0.381. The Kier molecular flexibility index (Phi) is 7.34. The zero-order valence-corrected chi connectivity index (χ0v) is 17.5. The van der Waals surface area contributed by atoms with E-state index in [0.29, 0.717) is 12.1 Å². The molecule has 2 aromatic rings. The third-order valence-electron chi connectivity index (χ3n) is 4.19. The van der Waals surface area contributed by atoms with Gasteiger partial charge in [0.1, 0.15) is 6.54 Å². The maximum Gasteiger partial charge on any atom is 0.325 e. The minimum Gasteiger partial charge on any atom is -0.454 e. The molecule has 1 aromatic heterocycles. The number of amides is 2. The lowest BCUT2D eigenvalue weighted by Crippen LogP contribution is -2.34. The molecule has 0 spiro atoms. The smallest absolute Gasteiger partial charge is 0.325 e. The summed E-state index contributed by atoms with van der Waals surface area (Å²) in [5.41, 5.74) is 2.61. The van der Waals surface area contributed by atoms with Gasteiger partial charge in [0.2, 0.25) is 0 Å². The van der Waals surface area contributed by atoms with E-state index in [4.69, 9.17) is 4.74 Å². The molecule has 0 aliphatic heterocycles. The van der Waals surface area contributed by atoms with Gasteiger partial charge in [0.15, 0.2) is 6.61 Å². The number of hydrogen-bond donors (Lipinski definition) is 1. The number of rotatable bonds is 7. The number of likely N-dealkylation sites (N-methyl/N-ethyl adjacent to an activating group) is 1. The zero-order chi connectivity index (χ0) is 20.7. The molecule has 0 radical (unpaired) electrons. The SMILES string of the molecule is CN(Cc1ccsc1)C(=O)COC(=O)CNC(=O)c1ccc(C(C)(C)C)cc1. The number of ether oxygens (including phenoxy) is 1. The number of thiophene rings is 1. The number of esters is 1. The van der Waals surface area contributed by atoms with Gasteiger partial charge in [0, 0.05) is 19.2 Å². The number of hydrogen-bond acceptors (Lipinski definition) is 5. The second kappa shape index (κ2) is 9.50. The maximum absolute atomic E-state index is 12.1. The van der Waals surface area contributed by atoms with Gasteiger partial charge in [0.05, 0.1) is 0 Å². The van der Waals surface area contributed by atoms with Gasteiger partial charge in [-0.15, -0.1) is 0 Å². The average molecular weight is 403 g/mol. The van der Waals surface area contributed by atoms with Crippen LogP contribution < -0.4 is 5.32 Å². The van der Waals surface area contributed by atoms with Gasteiger partial charge in [-0.3, -0.25) is 14.4 Å². The minimum absolute atomic E-state index is 0.00192. The van der Waals surface area contributed by atoms with E-state index < -0.39 is 5.97 Å². The number of nitrogens with one attached hydrogen (secondary N) is 1. The highest BCUT2D eigenvalue weighted by atomic mass is 32.1. The summed E-state index contributed by atoms with van der Waals surface area (Å²) in [6, 6.07) is 9.18. The molecule has 0 saturated heterocycles. The van der Waals surface area contributed by atoms with Crippen LogP contribution in [0.15, 0.2) is 41.1 Å². The van der Waals surface area contributed by atoms with Gasteiger partial charge in [-0.25, -0.2) is 0 Å². The molecule has 0 saturated carbocycles. The highest BCUT2D eigenvalue weighted by Crippen LogP contribution is 2.22. The molecular formula is C21H26N2O4S. The number of nitrogens with zero attached hydrogens (tertiary/aromatic N) is 1. The van der Waals surface area contributed by atoms with Crippen LogP contribution in [0.1, 0.15) is 42.3 Å². The van der Waals surface area contributed by atoms with E-state index in [1.807, 2.05) is 29.0 Å². The lowest BCUT2D eigenvalue weighted by Gasteiger charge is -2.19. The van der Waals surface area contributed by atoms with Gasteiger partial charge >= 0.3 is 5.97 Å². The number of carbonyl (C=O) groups excluding carboxylic acids is 3. The first kappa shape index (κ1) is 21.6. The van der Waals surface area contributed by atoms with E-state index in [9.17, 15) is 14.4 Å². The zero-order valence-electron chi connectivity index (χ0n) is 16.7. The Morgan fingerprint density at radius 2 is 1.79 bits per heavy atom. The summed E-state index contributed by atoms with van der Waals surface area (Å²) in [6.45, 7) is 6.10. The second-order valence-electron chi connectivity index (χ2n) is 7.55. The van der Waals surface area contributed by atoms with Crippen molar-refractivity contribution < 1.29 is 19.1 Å². The summed E-state index contributed by atoms with van der Waals surface area (Å²) in [7, 11) is 1.65. The van der Waals surface area contributed by atoms with Crippen molar-refractivity contribution in [2.24, 2.45) is 0 Å². The lowest BCUT2D eigenvalue weighted by atomic mass is 9.87. The van der Waals surface area contributed by atoms with E-state index in [2.05, 4.69) is 26.1 Å². The lowest BCUT2D eigenvalue weighted by molar-refractivity contribution is -0.150. The average Bonchev–Trinajstić information content (AvgIpc) is 3.16. The van der Waals surface area contributed by atoms with E-state index in [-0.39, 0.29) is 30.4 Å². The van der Waals surface area contributed by atoms with Crippen molar-refractivity contribution in [3.8, 4) is 0 Å². The number of benzene rings is 1. The molecule has 1 aromatic carbocycles. The summed E-state index contributed by atoms with van der Waals surface area (Å²) in [6.07, 6.45) is 0. The molecule has 1 heterocycles. The Bertz CT molecular complexity index is 808. The molecule has 150 valence electrons. The quantitative estimate of drug-likeness (QED) is 0.723. The monoisotopic (exact) mass is 402 g/mol. The summed E-state index contributed by atoms with van der Waals surface area (Å²) < 4.78 is 4.95. The van der Waals surface area contributed by atoms with E-state index in [0.717, 1.165) is 11.1 Å². The first-order valence-corrected chi connectivity index (χ1v) is 9.90. The first-order valence-electron chi connectivity index (χ1n) is 8.96. The van der Waals surface area contributed by atoms with Crippen LogP contribution in [-0.2, 0) is 26.3 Å².